The van der Waals surface area contributed by atoms with Gasteiger partial charge in [-0.05, 0) is 26.3 Å². The first kappa shape index (κ1) is 14.0. The molecule has 0 aliphatic carbocycles. The van der Waals surface area contributed by atoms with Crippen LogP contribution in [0.2, 0.25) is 0 Å². The summed E-state index contributed by atoms with van der Waals surface area (Å²) in [5.74, 6) is 0.870. The molecule has 0 saturated carbocycles. The normalized spacial score (nSPS) is 12.8. The van der Waals surface area contributed by atoms with Gasteiger partial charge >= 0.3 is 0 Å². The Bertz CT molecular complexity index is 326. The van der Waals surface area contributed by atoms with Crippen molar-refractivity contribution in [3.63, 3.8) is 0 Å². The van der Waals surface area contributed by atoms with E-state index in [4.69, 9.17) is 15.2 Å². The number of para-hydroxylation sites is 1. The van der Waals surface area contributed by atoms with Crippen molar-refractivity contribution in [1.82, 2.24) is 0 Å². The van der Waals surface area contributed by atoms with Crippen LogP contribution in [0.5, 0.6) is 5.75 Å². The average molecular weight is 237 g/mol. The molecule has 0 unspecified atom stereocenters. The molecule has 96 valence electrons. The molecule has 3 heteroatoms. The quantitative estimate of drug-likeness (QED) is 0.742. The molecule has 0 heterocycles. The van der Waals surface area contributed by atoms with Crippen LogP contribution in [0, 0.1) is 0 Å². The van der Waals surface area contributed by atoms with Gasteiger partial charge in [0.1, 0.15) is 12.4 Å². The van der Waals surface area contributed by atoms with Crippen molar-refractivity contribution in [1.29, 1.82) is 0 Å². The van der Waals surface area contributed by atoms with E-state index in [0.717, 1.165) is 17.7 Å². The number of hydrogen-bond acceptors (Lipinski definition) is 3. The van der Waals surface area contributed by atoms with Crippen LogP contribution in [0.15, 0.2) is 24.3 Å². The lowest BCUT2D eigenvalue weighted by molar-refractivity contribution is 0.0550. The summed E-state index contributed by atoms with van der Waals surface area (Å²) in [6.07, 6.45) is 1.15. The van der Waals surface area contributed by atoms with Crippen LogP contribution >= 0.6 is 0 Å². The maximum atomic E-state index is 6.04. The van der Waals surface area contributed by atoms with Crippen LogP contribution in [-0.2, 0) is 4.74 Å². The fraction of sp³-hybridized carbons (Fsp3) is 0.571. The van der Waals surface area contributed by atoms with Crippen LogP contribution in [-0.4, -0.2) is 19.3 Å². The molecule has 3 nitrogen and oxygen atoms in total. The van der Waals surface area contributed by atoms with Crippen LogP contribution in [0.4, 0.5) is 0 Å². The third-order valence-electron chi connectivity index (χ3n) is 2.55. The molecule has 17 heavy (non-hydrogen) atoms. The molecule has 0 saturated heterocycles. The Morgan fingerprint density at radius 1 is 1.18 bits per heavy atom. The Kier molecular flexibility index (Phi) is 6.01. The van der Waals surface area contributed by atoms with E-state index >= 15 is 0 Å². The van der Waals surface area contributed by atoms with Crippen molar-refractivity contribution in [2.75, 3.05) is 13.2 Å². The third kappa shape index (κ3) is 4.75. The molecule has 1 aromatic rings. The van der Waals surface area contributed by atoms with Gasteiger partial charge in [0.05, 0.1) is 12.7 Å². The lowest BCUT2D eigenvalue weighted by Crippen LogP contribution is -2.14. The molecule has 0 aliphatic rings. The predicted octanol–water partition coefficient (Wildman–Crippen LogP) is 2.90. The van der Waals surface area contributed by atoms with E-state index in [-0.39, 0.29) is 12.1 Å². The molecule has 0 amide bonds. The van der Waals surface area contributed by atoms with E-state index in [1.54, 1.807) is 0 Å². The van der Waals surface area contributed by atoms with Gasteiger partial charge in [-0.2, -0.15) is 0 Å². The molecular formula is C14H23NO2. The van der Waals surface area contributed by atoms with E-state index in [9.17, 15) is 0 Å². The molecule has 1 atom stereocenters. The highest BCUT2D eigenvalue weighted by molar-refractivity contribution is 5.35. The summed E-state index contributed by atoms with van der Waals surface area (Å²) in [6, 6.07) is 7.97. The van der Waals surface area contributed by atoms with Gasteiger partial charge in [-0.15, -0.1) is 0 Å². The Morgan fingerprint density at radius 3 is 2.53 bits per heavy atom. The number of nitrogens with two attached hydrogens (primary N) is 1. The maximum Gasteiger partial charge on any atom is 0.124 e. The molecule has 0 aromatic heterocycles. The fourth-order valence-corrected chi connectivity index (χ4v) is 1.57. The zero-order valence-electron chi connectivity index (χ0n) is 11.0. The summed E-state index contributed by atoms with van der Waals surface area (Å²) in [4.78, 5) is 0. The average Bonchev–Trinajstić information content (AvgIpc) is 2.34. The standard InChI is InChI=1S/C14H23NO2/c1-4-13(15)12-7-5-6-8-14(12)17-10-9-16-11(2)3/h5-8,11,13H,4,9-10,15H2,1-3H3/t13-/m0/s1. The van der Waals surface area contributed by atoms with Gasteiger partial charge in [-0.1, -0.05) is 25.1 Å². The lowest BCUT2D eigenvalue weighted by atomic mass is 10.0. The monoisotopic (exact) mass is 237 g/mol. The minimum absolute atomic E-state index is 0.0391. The number of hydrogen-bond donors (Lipinski definition) is 1. The first-order chi connectivity index (χ1) is 8.15. The first-order valence-electron chi connectivity index (χ1n) is 6.24. The van der Waals surface area contributed by atoms with E-state index in [1.807, 2.05) is 38.1 Å². The maximum absolute atomic E-state index is 6.04. The van der Waals surface area contributed by atoms with E-state index in [2.05, 4.69) is 6.92 Å². The van der Waals surface area contributed by atoms with Gasteiger partial charge < -0.3 is 15.2 Å². The molecule has 1 aromatic carbocycles. The molecule has 0 radical (unpaired) electrons. The Morgan fingerprint density at radius 2 is 1.88 bits per heavy atom. The van der Waals surface area contributed by atoms with Crippen molar-refractivity contribution in [2.24, 2.45) is 5.73 Å². The second-order valence-electron chi connectivity index (χ2n) is 4.32. The Hall–Kier alpha value is -1.06. The highest BCUT2D eigenvalue weighted by Gasteiger charge is 2.09. The van der Waals surface area contributed by atoms with Crippen LogP contribution < -0.4 is 10.5 Å². The summed E-state index contributed by atoms with van der Waals surface area (Å²) in [6.45, 7) is 7.27. The summed E-state index contributed by atoms with van der Waals surface area (Å²) >= 11 is 0. The van der Waals surface area contributed by atoms with Crippen LogP contribution in [0.25, 0.3) is 0 Å². The van der Waals surface area contributed by atoms with Crippen molar-refractivity contribution in [2.45, 2.75) is 39.3 Å². The van der Waals surface area contributed by atoms with Crippen LogP contribution in [0.1, 0.15) is 38.8 Å². The van der Waals surface area contributed by atoms with Gasteiger partial charge in [0.2, 0.25) is 0 Å². The Balaban J connectivity index is 2.52. The van der Waals surface area contributed by atoms with Crippen molar-refractivity contribution < 1.29 is 9.47 Å². The summed E-state index contributed by atoms with van der Waals surface area (Å²) in [5.41, 5.74) is 7.11. The molecule has 0 fully saturated rings. The zero-order chi connectivity index (χ0) is 12.7. The van der Waals surface area contributed by atoms with E-state index in [0.29, 0.717) is 13.2 Å². The van der Waals surface area contributed by atoms with Gasteiger partial charge in [-0.25, -0.2) is 0 Å². The van der Waals surface area contributed by atoms with E-state index < -0.39 is 0 Å². The minimum atomic E-state index is 0.0391. The van der Waals surface area contributed by atoms with Gasteiger partial charge in [-0.3, -0.25) is 0 Å². The number of benzene rings is 1. The topological polar surface area (TPSA) is 44.5 Å². The largest absolute Gasteiger partial charge is 0.491 e. The van der Waals surface area contributed by atoms with Crippen molar-refractivity contribution >= 4 is 0 Å². The molecule has 0 aliphatic heterocycles. The summed E-state index contributed by atoms with van der Waals surface area (Å²) < 4.78 is 11.1. The second kappa shape index (κ2) is 7.30. The fourth-order valence-electron chi connectivity index (χ4n) is 1.57. The second-order valence-corrected chi connectivity index (χ2v) is 4.32. The summed E-state index contributed by atoms with van der Waals surface area (Å²) in [7, 11) is 0. The Labute approximate surface area is 104 Å². The summed E-state index contributed by atoms with van der Waals surface area (Å²) in [5, 5.41) is 0. The van der Waals surface area contributed by atoms with Crippen molar-refractivity contribution in [3.8, 4) is 5.75 Å². The lowest BCUT2D eigenvalue weighted by Gasteiger charge is -2.16. The van der Waals surface area contributed by atoms with Gasteiger partial charge in [0, 0.05) is 11.6 Å². The predicted molar refractivity (Wildman–Crippen MR) is 70.2 cm³/mol. The minimum Gasteiger partial charge on any atom is -0.491 e. The molecular weight excluding hydrogens is 214 g/mol. The molecule has 0 spiro atoms. The molecule has 1 rings (SSSR count). The molecule has 2 N–H and O–H groups in total. The zero-order valence-corrected chi connectivity index (χ0v) is 11.0. The molecule has 0 bridgehead atoms. The smallest absolute Gasteiger partial charge is 0.124 e. The van der Waals surface area contributed by atoms with Gasteiger partial charge in [0.15, 0.2) is 0 Å². The SMILES string of the molecule is CC[C@H](N)c1ccccc1OCCOC(C)C. The van der Waals surface area contributed by atoms with E-state index in [1.165, 1.54) is 0 Å². The highest BCUT2D eigenvalue weighted by atomic mass is 16.5. The third-order valence-corrected chi connectivity index (χ3v) is 2.55. The van der Waals surface area contributed by atoms with Gasteiger partial charge in [0.25, 0.3) is 0 Å². The number of ether oxygens (including phenoxy) is 2. The number of rotatable bonds is 7. The van der Waals surface area contributed by atoms with Crippen molar-refractivity contribution in [3.05, 3.63) is 29.8 Å². The highest BCUT2D eigenvalue weighted by Crippen LogP contribution is 2.25. The first-order valence-corrected chi connectivity index (χ1v) is 6.24. The van der Waals surface area contributed by atoms with Crippen LogP contribution in [0.3, 0.4) is 0 Å².